The second-order valence-electron chi connectivity index (χ2n) is 5.57. The number of imide groups is 1. The van der Waals surface area contributed by atoms with E-state index in [0.717, 1.165) is 18.2 Å². The van der Waals surface area contributed by atoms with E-state index >= 15 is 0 Å². The summed E-state index contributed by atoms with van der Waals surface area (Å²) in [5.41, 5.74) is -2.10. The Bertz CT molecular complexity index is 671. The zero-order valence-electron chi connectivity index (χ0n) is 12.3. The number of carbonyl (C=O) groups is 3. The topological polar surface area (TPSA) is 78.5 Å². The lowest BCUT2D eigenvalue weighted by molar-refractivity contribution is -0.137. The molecule has 1 fully saturated rings. The smallest absolute Gasteiger partial charge is 0.325 e. The van der Waals surface area contributed by atoms with Crippen LogP contribution < -0.4 is 10.6 Å². The van der Waals surface area contributed by atoms with Crippen LogP contribution in [-0.4, -0.2) is 34.8 Å². The largest absolute Gasteiger partial charge is 0.416 e. The molecule has 9 heteroatoms. The lowest BCUT2D eigenvalue weighted by atomic mass is 10.1. The Morgan fingerprint density at radius 2 is 1.96 bits per heavy atom. The number of hydrogen-bond donors (Lipinski definition) is 2. The van der Waals surface area contributed by atoms with Crippen molar-refractivity contribution in [3.63, 3.8) is 0 Å². The van der Waals surface area contributed by atoms with E-state index in [0.29, 0.717) is 4.90 Å². The molecule has 0 radical (unpaired) electrons. The summed E-state index contributed by atoms with van der Waals surface area (Å²) in [6.07, 6.45) is -4.53. The second kappa shape index (κ2) is 5.56. The first kappa shape index (κ1) is 16.8. The van der Waals surface area contributed by atoms with Crippen molar-refractivity contribution < 1.29 is 27.6 Å². The van der Waals surface area contributed by atoms with Crippen molar-refractivity contribution in [3.8, 4) is 0 Å². The lowest BCUT2D eigenvalue weighted by Gasteiger charge is -2.16. The molecule has 0 aromatic heterocycles. The molecule has 1 aliphatic heterocycles. The van der Waals surface area contributed by atoms with Gasteiger partial charge in [0.25, 0.3) is 5.91 Å². The monoisotopic (exact) mass is 329 g/mol. The van der Waals surface area contributed by atoms with Crippen molar-refractivity contribution in [3.05, 3.63) is 29.8 Å². The van der Waals surface area contributed by atoms with Crippen molar-refractivity contribution in [1.29, 1.82) is 0 Å². The Hall–Kier alpha value is -2.58. The summed E-state index contributed by atoms with van der Waals surface area (Å²) in [7, 11) is 0. The normalized spacial score (nSPS) is 17.2. The zero-order chi connectivity index (χ0) is 17.4. The highest BCUT2D eigenvalue weighted by molar-refractivity contribution is 6.09. The van der Waals surface area contributed by atoms with Gasteiger partial charge in [-0.3, -0.25) is 14.5 Å². The van der Waals surface area contributed by atoms with E-state index in [2.05, 4.69) is 10.6 Å². The van der Waals surface area contributed by atoms with E-state index in [-0.39, 0.29) is 5.69 Å². The molecule has 6 nitrogen and oxygen atoms in total. The Kier molecular flexibility index (Phi) is 4.06. The summed E-state index contributed by atoms with van der Waals surface area (Å²) in [6.45, 7) is 2.39. The number of rotatable bonds is 3. The van der Waals surface area contributed by atoms with Gasteiger partial charge in [0, 0.05) is 5.69 Å². The maximum absolute atomic E-state index is 12.6. The van der Waals surface area contributed by atoms with Gasteiger partial charge in [0.1, 0.15) is 12.1 Å². The molecule has 124 valence electrons. The molecule has 0 aliphatic carbocycles. The summed E-state index contributed by atoms with van der Waals surface area (Å²) in [6, 6.07) is 3.35. The van der Waals surface area contributed by atoms with Crippen LogP contribution in [0.25, 0.3) is 0 Å². The number of nitrogens with zero attached hydrogens (tertiary/aromatic N) is 1. The van der Waals surface area contributed by atoms with Crippen LogP contribution in [0.15, 0.2) is 24.3 Å². The summed E-state index contributed by atoms with van der Waals surface area (Å²) in [5.74, 6) is -1.35. The van der Waals surface area contributed by atoms with Crippen LogP contribution in [0.4, 0.5) is 23.7 Å². The number of urea groups is 1. The van der Waals surface area contributed by atoms with Crippen molar-refractivity contribution >= 4 is 23.5 Å². The molecule has 1 heterocycles. The van der Waals surface area contributed by atoms with Crippen molar-refractivity contribution in [2.24, 2.45) is 0 Å². The first-order valence-electron chi connectivity index (χ1n) is 6.62. The maximum Gasteiger partial charge on any atom is 0.416 e. The number of carbonyl (C=O) groups excluding carboxylic acids is 3. The summed E-state index contributed by atoms with van der Waals surface area (Å²) >= 11 is 0. The highest BCUT2D eigenvalue weighted by Crippen LogP contribution is 2.30. The van der Waals surface area contributed by atoms with Gasteiger partial charge in [0.05, 0.1) is 5.56 Å². The van der Waals surface area contributed by atoms with E-state index in [1.54, 1.807) is 0 Å². The molecule has 2 rings (SSSR count). The third-order valence-corrected chi connectivity index (χ3v) is 3.22. The van der Waals surface area contributed by atoms with Crippen LogP contribution >= 0.6 is 0 Å². The highest BCUT2D eigenvalue weighted by Gasteiger charge is 2.44. The van der Waals surface area contributed by atoms with Gasteiger partial charge in [-0.15, -0.1) is 0 Å². The van der Waals surface area contributed by atoms with Crippen molar-refractivity contribution in [1.82, 2.24) is 10.2 Å². The van der Waals surface area contributed by atoms with Gasteiger partial charge in [0.15, 0.2) is 0 Å². The summed E-state index contributed by atoms with van der Waals surface area (Å²) in [5, 5.41) is 4.64. The van der Waals surface area contributed by atoms with Crippen molar-refractivity contribution in [2.75, 3.05) is 11.9 Å². The third-order valence-electron chi connectivity index (χ3n) is 3.22. The van der Waals surface area contributed by atoms with Crippen LogP contribution in [0.1, 0.15) is 19.4 Å². The Labute approximate surface area is 129 Å². The zero-order valence-corrected chi connectivity index (χ0v) is 12.3. The quantitative estimate of drug-likeness (QED) is 0.832. The minimum atomic E-state index is -4.53. The summed E-state index contributed by atoms with van der Waals surface area (Å²) in [4.78, 5) is 36.1. The minimum absolute atomic E-state index is 0.0730. The van der Waals surface area contributed by atoms with Gasteiger partial charge in [0.2, 0.25) is 5.91 Å². The molecular weight excluding hydrogens is 315 g/mol. The van der Waals surface area contributed by atoms with Crippen LogP contribution in [0.3, 0.4) is 0 Å². The molecule has 1 aromatic carbocycles. The van der Waals surface area contributed by atoms with Gasteiger partial charge in [-0.1, -0.05) is 6.07 Å². The van der Waals surface area contributed by atoms with Gasteiger partial charge < -0.3 is 10.6 Å². The number of halogens is 3. The molecule has 0 atom stereocenters. The van der Waals surface area contributed by atoms with Crippen LogP contribution in [-0.2, 0) is 15.8 Å². The molecule has 2 N–H and O–H groups in total. The predicted octanol–water partition coefficient (Wildman–Crippen LogP) is 1.97. The fourth-order valence-electron chi connectivity index (χ4n) is 2.08. The van der Waals surface area contributed by atoms with Gasteiger partial charge in [-0.2, -0.15) is 13.2 Å². The number of nitrogens with one attached hydrogen (secondary N) is 2. The van der Waals surface area contributed by atoms with Crippen LogP contribution in [0.2, 0.25) is 0 Å². The van der Waals surface area contributed by atoms with E-state index in [1.807, 2.05) is 0 Å². The molecule has 1 aliphatic rings. The minimum Gasteiger partial charge on any atom is -0.325 e. The lowest BCUT2D eigenvalue weighted by Crippen LogP contribution is -2.41. The third kappa shape index (κ3) is 3.61. The number of alkyl halides is 3. The van der Waals surface area contributed by atoms with Crippen molar-refractivity contribution in [2.45, 2.75) is 25.6 Å². The average molecular weight is 329 g/mol. The Morgan fingerprint density at radius 1 is 1.30 bits per heavy atom. The van der Waals surface area contributed by atoms with Crippen LogP contribution in [0, 0.1) is 0 Å². The Balaban J connectivity index is 2.06. The number of hydrogen-bond acceptors (Lipinski definition) is 3. The molecule has 4 amide bonds. The molecule has 1 aromatic rings. The average Bonchev–Trinajstić information content (AvgIpc) is 2.60. The second-order valence-corrected chi connectivity index (χ2v) is 5.57. The fraction of sp³-hybridized carbons (Fsp3) is 0.357. The standard InChI is InChI=1S/C14H14F3N3O3/c1-13(2)11(22)20(12(23)19-13)7-10(21)18-9-5-3-4-8(6-9)14(15,16)17/h3-6H,7H2,1-2H3,(H,18,21)(H,19,23). The molecule has 0 spiro atoms. The fourth-order valence-corrected chi connectivity index (χ4v) is 2.08. The van der Waals surface area contributed by atoms with E-state index in [1.165, 1.54) is 19.9 Å². The first-order chi connectivity index (χ1) is 10.5. The number of benzene rings is 1. The van der Waals surface area contributed by atoms with Gasteiger partial charge >= 0.3 is 12.2 Å². The molecule has 0 saturated carbocycles. The van der Waals surface area contributed by atoms with E-state index in [9.17, 15) is 27.6 Å². The molecular formula is C14H14F3N3O3. The highest BCUT2D eigenvalue weighted by atomic mass is 19.4. The first-order valence-corrected chi connectivity index (χ1v) is 6.62. The SMILES string of the molecule is CC1(C)NC(=O)N(CC(=O)Nc2cccc(C(F)(F)F)c2)C1=O. The van der Waals surface area contributed by atoms with Gasteiger partial charge in [-0.05, 0) is 32.0 Å². The number of anilines is 1. The van der Waals surface area contributed by atoms with E-state index in [4.69, 9.17) is 0 Å². The maximum atomic E-state index is 12.6. The molecule has 0 unspecified atom stereocenters. The van der Waals surface area contributed by atoms with Gasteiger partial charge in [-0.25, -0.2) is 4.79 Å². The molecule has 1 saturated heterocycles. The predicted molar refractivity (Wildman–Crippen MR) is 74.4 cm³/mol. The van der Waals surface area contributed by atoms with Crippen LogP contribution in [0.5, 0.6) is 0 Å². The molecule has 23 heavy (non-hydrogen) atoms. The molecule has 0 bridgehead atoms. The summed E-state index contributed by atoms with van der Waals surface area (Å²) < 4.78 is 37.8. The number of amides is 4. The van der Waals surface area contributed by atoms with E-state index < -0.39 is 41.7 Å². The Morgan fingerprint density at radius 3 is 2.48 bits per heavy atom.